The Bertz CT molecular complexity index is 525. The van der Waals surface area contributed by atoms with Crippen LogP contribution in [0, 0.1) is 0 Å². The third kappa shape index (κ3) is 4.27. The van der Waals surface area contributed by atoms with E-state index in [1.165, 1.54) is 0 Å². The highest BCUT2D eigenvalue weighted by Gasteiger charge is 2.25. The molecule has 1 fully saturated rings. The third-order valence-corrected chi connectivity index (χ3v) is 4.64. The van der Waals surface area contributed by atoms with E-state index in [9.17, 15) is 8.42 Å². The zero-order chi connectivity index (χ0) is 14.6. The lowest BCUT2D eigenvalue weighted by Gasteiger charge is -2.14. The van der Waals surface area contributed by atoms with E-state index in [4.69, 9.17) is 4.74 Å². The number of nitrogens with one attached hydrogen (secondary N) is 3. The van der Waals surface area contributed by atoms with Crippen LogP contribution in [0.1, 0.15) is 32.3 Å². The summed E-state index contributed by atoms with van der Waals surface area (Å²) in [6, 6.07) is 0.234. The van der Waals surface area contributed by atoms with Gasteiger partial charge in [-0.1, -0.05) is 0 Å². The topological polar surface area (TPSA) is 96.1 Å². The molecular weight excluding hydrogens is 280 g/mol. The van der Waals surface area contributed by atoms with Gasteiger partial charge in [0.15, 0.2) is 5.03 Å². The lowest BCUT2D eigenvalue weighted by molar-refractivity contribution is 0.133. The molecule has 0 radical (unpaired) electrons. The molecule has 0 amide bonds. The zero-order valence-electron chi connectivity index (χ0n) is 11.8. The van der Waals surface area contributed by atoms with Gasteiger partial charge in [0.05, 0.1) is 12.8 Å². The molecule has 1 heterocycles. The van der Waals surface area contributed by atoms with E-state index in [1.54, 1.807) is 13.1 Å². The number of aromatic nitrogens is 2. The number of sulfonamides is 1. The second-order valence-electron chi connectivity index (χ2n) is 5.06. The van der Waals surface area contributed by atoms with Crippen molar-refractivity contribution < 1.29 is 13.2 Å². The number of nitrogens with zero attached hydrogens (tertiary/aromatic N) is 1. The second-order valence-corrected chi connectivity index (χ2v) is 6.71. The van der Waals surface area contributed by atoms with Gasteiger partial charge in [-0.2, -0.15) is 5.10 Å². The van der Waals surface area contributed by atoms with Gasteiger partial charge in [0.25, 0.3) is 10.0 Å². The number of rotatable bonds is 9. The minimum absolute atomic E-state index is 0.133. The van der Waals surface area contributed by atoms with E-state index in [0.29, 0.717) is 31.4 Å². The fourth-order valence-electron chi connectivity index (χ4n) is 1.85. The van der Waals surface area contributed by atoms with Crippen LogP contribution in [0.25, 0.3) is 0 Å². The summed E-state index contributed by atoms with van der Waals surface area (Å²) in [5.41, 5.74) is 0.660. The van der Waals surface area contributed by atoms with E-state index < -0.39 is 10.0 Å². The highest BCUT2D eigenvalue weighted by atomic mass is 32.2. The SMILES string of the molecule is CCOCC(C)NS(=O)(=O)c1[nH]ncc1CNC1CC1. The Balaban J connectivity index is 1.98. The Morgan fingerprint density at radius 1 is 1.55 bits per heavy atom. The molecule has 0 saturated heterocycles. The Labute approximate surface area is 119 Å². The van der Waals surface area contributed by atoms with Crippen molar-refractivity contribution in [3.8, 4) is 0 Å². The summed E-state index contributed by atoms with van der Waals surface area (Å²) in [5.74, 6) is 0. The monoisotopic (exact) mass is 302 g/mol. The summed E-state index contributed by atoms with van der Waals surface area (Å²) in [4.78, 5) is 0. The number of H-pyrrole nitrogens is 1. The van der Waals surface area contributed by atoms with Gasteiger partial charge in [0.1, 0.15) is 0 Å². The van der Waals surface area contributed by atoms with Gasteiger partial charge in [0, 0.05) is 30.8 Å². The van der Waals surface area contributed by atoms with Gasteiger partial charge < -0.3 is 10.1 Å². The highest BCUT2D eigenvalue weighted by Crippen LogP contribution is 2.20. The number of hydrogen-bond donors (Lipinski definition) is 3. The van der Waals surface area contributed by atoms with Gasteiger partial charge in [-0.3, -0.25) is 5.10 Å². The van der Waals surface area contributed by atoms with Crippen LogP contribution < -0.4 is 10.0 Å². The molecule has 0 aliphatic heterocycles. The maximum Gasteiger partial charge on any atom is 0.258 e. The summed E-state index contributed by atoms with van der Waals surface area (Å²) in [6.07, 6.45) is 3.87. The Hall–Kier alpha value is -0.960. The minimum Gasteiger partial charge on any atom is -0.380 e. The summed E-state index contributed by atoms with van der Waals surface area (Å²) < 4.78 is 32.4. The minimum atomic E-state index is -3.59. The van der Waals surface area contributed by atoms with Crippen molar-refractivity contribution in [1.82, 2.24) is 20.2 Å². The molecule has 0 bridgehead atoms. The Kier molecular flexibility index (Phi) is 5.14. The quantitative estimate of drug-likeness (QED) is 0.612. The molecule has 20 heavy (non-hydrogen) atoms. The molecule has 0 spiro atoms. The van der Waals surface area contributed by atoms with Gasteiger partial charge in [-0.15, -0.1) is 0 Å². The zero-order valence-corrected chi connectivity index (χ0v) is 12.7. The van der Waals surface area contributed by atoms with Crippen LogP contribution in [0.15, 0.2) is 11.2 Å². The summed E-state index contributed by atoms with van der Waals surface area (Å²) in [5, 5.41) is 9.83. The van der Waals surface area contributed by atoms with Crippen LogP contribution in [0.3, 0.4) is 0 Å². The predicted molar refractivity (Wildman–Crippen MR) is 74.7 cm³/mol. The van der Waals surface area contributed by atoms with Crippen LogP contribution >= 0.6 is 0 Å². The van der Waals surface area contributed by atoms with E-state index >= 15 is 0 Å². The van der Waals surface area contributed by atoms with Crippen molar-refractivity contribution in [3.63, 3.8) is 0 Å². The molecule has 7 nitrogen and oxygen atoms in total. The van der Waals surface area contributed by atoms with Crippen molar-refractivity contribution in [3.05, 3.63) is 11.8 Å². The molecule has 3 N–H and O–H groups in total. The molecule has 1 saturated carbocycles. The highest BCUT2D eigenvalue weighted by molar-refractivity contribution is 7.89. The van der Waals surface area contributed by atoms with Crippen molar-refractivity contribution in [1.29, 1.82) is 0 Å². The number of aromatic amines is 1. The first kappa shape index (κ1) is 15.4. The van der Waals surface area contributed by atoms with Crippen LogP contribution in [-0.4, -0.2) is 43.9 Å². The Morgan fingerprint density at radius 3 is 2.95 bits per heavy atom. The molecule has 8 heteroatoms. The van der Waals surface area contributed by atoms with E-state index in [1.807, 2.05) is 6.92 Å². The van der Waals surface area contributed by atoms with E-state index in [2.05, 4.69) is 20.2 Å². The molecule has 1 aromatic heterocycles. The molecule has 2 rings (SSSR count). The third-order valence-electron chi connectivity index (χ3n) is 3.03. The predicted octanol–water partition coefficient (Wildman–Crippen LogP) is 0.365. The molecule has 1 atom stereocenters. The number of hydrogen-bond acceptors (Lipinski definition) is 5. The molecule has 114 valence electrons. The fourth-order valence-corrected chi connectivity index (χ4v) is 3.21. The van der Waals surface area contributed by atoms with Crippen LogP contribution in [0.2, 0.25) is 0 Å². The normalized spacial score (nSPS) is 17.3. The lowest BCUT2D eigenvalue weighted by atomic mass is 10.3. The smallest absolute Gasteiger partial charge is 0.258 e. The molecule has 1 aliphatic rings. The fraction of sp³-hybridized carbons (Fsp3) is 0.750. The molecule has 1 unspecified atom stereocenters. The first-order valence-corrected chi connectivity index (χ1v) is 8.37. The van der Waals surface area contributed by atoms with Gasteiger partial charge in [-0.25, -0.2) is 13.1 Å². The van der Waals surface area contributed by atoms with Gasteiger partial charge in [-0.05, 0) is 26.7 Å². The van der Waals surface area contributed by atoms with Gasteiger partial charge >= 0.3 is 0 Å². The first-order valence-electron chi connectivity index (χ1n) is 6.88. The Morgan fingerprint density at radius 2 is 2.30 bits per heavy atom. The largest absolute Gasteiger partial charge is 0.380 e. The van der Waals surface area contributed by atoms with Crippen molar-refractivity contribution >= 4 is 10.0 Å². The van der Waals surface area contributed by atoms with Crippen molar-refractivity contribution in [2.24, 2.45) is 0 Å². The van der Waals surface area contributed by atoms with Crippen molar-refractivity contribution in [2.75, 3.05) is 13.2 Å². The second kappa shape index (κ2) is 6.66. The maximum absolute atomic E-state index is 12.3. The molecule has 1 aliphatic carbocycles. The molecule has 1 aromatic rings. The average molecular weight is 302 g/mol. The first-order chi connectivity index (χ1) is 9.53. The molecular formula is C12H22N4O3S. The van der Waals surface area contributed by atoms with Crippen LogP contribution in [0.4, 0.5) is 0 Å². The summed E-state index contributed by atoms with van der Waals surface area (Å²) >= 11 is 0. The summed E-state index contributed by atoms with van der Waals surface area (Å²) in [7, 11) is -3.59. The number of ether oxygens (including phenoxy) is 1. The average Bonchev–Trinajstić information content (AvgIpc) is 3.09. The standard InChI is InChI=1S/C12H22N4O3S/c1-3-19-8-9(2)16-20(17,18)12-10(7-14-15-12)6-13-11-4-5-11/h7,9,11,13,16H,3-6,8H2,1-2H3,(H,14,15). The maximum atomic E-state index is 12.3. The van der Waals surface area contributed by atoms with Crippen LogP contribution in [0.5, 0.6) is 0 Å². The van der Waals surface area contributed by atoms with E-state index in [-0.39, 0.29) is 11.1 Å². The summed E-state index contributed by atoms with van der Waals surface area (Å²) in [6.45, 7) is 5.06. The lowest BCUT2D eigenvalue weighted by Crippen LogP contribution is -2.36. The van der Waals surface area contributed by atoms with Crippen molar-refractivity contribution in [2.45, 2.75) is 50.3 Å². The molecule has 0 aromatic carbocycles. The van der Waals surface area contributed by atoms with E-state index in [0.717, 1.165) is 12.8 Å². The van der Waals surface area contributed by atoms with Gasteiger partial charge in [0.2, 0.25) is 0 Å². The van der Waals surface area contributed by atoms with Crippen LogP contribution in [-0.2, 0) is 21.3 Å².